The Balaban J connectivity index is 2.42. The first kappa shape index (κ1) is 25.5. The maximum atomic E-state index is 11.5. The molecule has 0 aromatic carbocycles. The average Bonchev–Trinajstić information content (AvgIpc) is 2.68. The number of ether oxygens (including phenoxy) is 2. The molecule has 30 heavy (non-hydrogen) atoms. The number of aliphatic hydroxyl groups is 1. The molecule has 0 radical (unpaired) electrons. The minimum atomic E-state index is -1.95. The summed E-state index contributed by atoms with van der Waals surface area (Å²) in [7, 11) is -0.335. The van der Waals surface area contributed by atoms with Crippen LogP contribution in [0, 0.1) is 18.3 Å². The van der Waals surface area contributed by atoms with Crippen LogP contribution in [-0.2, 0) is 9.16 Å². The van der Waals surface area contributed by atoms with Crippen molar-refractivity contribution in [1.82, 2.24) is 4.98 Å². The summed E-state index contributed by atoms with van der Waals surface area (Å²) in [5, 5.41) is 11.6. The molecule has 0 saturated carbocycles. The number of hydrogen-bond donors (Lipinski definition) is 1. The second kappa shape index (κ2) is 9.82. The number of halogens is 1. The highest BCUT2D eigenvalue weighted by atomic mass is 79.9. The quantitative estimate of drug-likeness (QED) is 0.360. The van der Waals surface area contributed by atoms with E-state index in [9.17, 15) is 5.11 Å². The molecule has 1 saturated heterocycles. The lowest BCUT2D eigenvalue weighted by atomic mass is 9.67. The van der Waals surface area contributed by atoms with Crippen molar-refractivity contribution in [2.45, 2.75) is 64.8 Å². The first-order chi connectivity index (χ1) is 13.9. The Bertz CT molecular complexity index is 741. The number of methoxy groups -OCH3 is 1. The molecule has 2 heterocycles. The maximum absolute atomic E-state index is 11.5. The van der Waals surface area contributed by atoms with E-state index in [1.807, 2.05) is 13.0 Å². The molecule has 5 nitrogen and oxygen atoms in total. The first-order valence-electron chi connectivity index (χ1n) is 10.6. The number of aliphatic hydroxyl groups excluding tert-OH is 1. The Morgan fingerprint density at radius 3 is 2.47 bits per heavy atom. The van der Waals surface area contributed by atoms with Crippen LogP contribution in [0.3, 0.4) is 0 Å². The summed E-state index contributed by atoms with van der Waals surface area (Å²) >= 11 is 3.50. The van der Waals surface area contributed by atoms with E-state index in [-0.39, 0.29) is 16.4 Å². The Morgan fingerprint density at radius 1 is 1.37 bits per heavy atom. The van der Waals surface area contributed by atoms with Crippen LogP contribution in [-0.4, -0.2) is 45.3 Å². The molecule has 1 aliphatic heterocycles. The van der Waals surface area contributed by atoms with E-state index in [2.05, 4.69) is 61.4 Å². The number of pyridine rings is 1. The van der Waals surface area contributed by atoms with Crippen molar-refractivity contribution in [2.75, 3.05) is 26.9 Å². The summed E-state index contributed by atoms with van der Waals surface area (Å²) in [5.74, 6) is 0.379. The second-order valence-corrected chi connectivity index (χ2v) is 15.5. The largest absolute Gasteiger partial charge is 0.494 e. The molecular formula is C23H38BrNO4Si. The van der Waals surface area contributed by atoms with Crippen molar-refractivity contribution >= 4 is 24.2 Å². The lowest BCUT2D eigenvalue weighted by molar-refractivity contribution is -0.0689. The molecule has 0 amide bonds. The minimum Gasteiger partial charge on any atom is -0.494 e. The van der Waals surface area contributed by atoms with Gasteiger partial charge in [0.2, 0.25) is 0 Å². The van der Waals surface area contributed by atoms with Gasteiger partial charge in [0.15, 0.2) is 8.32 Å². The summed E-state index contributed by atoms with van der Waals surface area (Å²) in [6.07, 6.45) is 4.37. The van der Waals surface area contributed by atoms with Crippen molar-refractivity contribution in [3.05, 3.63) is 34.6 Å². The van der Waals surface area contributed by atoms with E-state index in [4.69, 9.17) is 13.9 Å². The van der Waals surface area contributed by atoms with E-state index in [1.165, 1.54) is 0 Å². The van der Waals surface area contributed by atoms with Gasteiger partial charge in [-0.25, -0.2) is 0 Å². The van der Waals surface area contributed by atoms with Crippen LogP contribution in [0.2, 0.25) is 18.1 Å². The molecule has 0 bridgehead atoms. The zero-order valence-corrected chi connectivity index (χ0v) is 22.1. The standard InChI is InChI=1S/C23H38BrNO4Si/c1-9-17(20(26)19-21(27-6)16(2)18(24)14-25-19)23(10-12-28-13-11-23)15-29-30(7,8)22(3,4)5/h9,14,17,20,26H,1,10-13,15H2,2-8H3. The van der Waals surface area contributed by atoms with Crippen LogP contribution in [0.1, 0.15) is 51.0 Å². The third kappa shape index (κ3) is 5.18. The molecule has 1 aromatic rings. The van der Waals surface area contributed by atoms with Crippen molar-refractivity contribution in [3.8, 4) is 5.75 Å². The SMILES string of the molecule is C=CC(C(O)c1ncc(Br)c(C)c1OC)C1(CO[Si](C)(C)C(C)(C)C)CCOCC1. The molecule has 1 fully saturated rings. The van der Waals surface area contributed by atoms with E-state index in [1.54, 1.807) is 13.3 Å². The van der Waals surface area contributed by atoms with Gasteiger partial charge in [0.1, 0.15) is 17.5 Å². The number of rotatable bonds is 8. The fourth-order valence-corrected chi connectivity index (χ4v) is 5.19. The van der Waals surface area contributed by atoms with Gasteiger partial charge in [0.05, 0.1) is 7.11 Å². The van der Waals surface area contributed by atoms with Crippen LogP contribution in [0.15, 0.2) is 23.3 Å². The highest BCUT2D eigenvalue weighted by Crippen LogP contribution is 2.48. The maximum Gasteiger partial charge on any atom is 0.192 e. The van der Waals surface area contributed by atoms with Crippen molar-refractivity contribution in [2.24, 2.45) is 11.3 Å². The molecule has 2 atom stereocenters. The third-order valence-electron chi connectivity index (χ3n) is 7.05. The van der Waals surface area contributed by atoms with Gasteiger partial charge in [0.25, 0.3) is 0 Å². The Labute approximate surface area is 191 Å². The van der Waals surface area contributed by atoms with Gasteiger partial charge in [-0.05, 0) is 53.8 Å². The summed E-state index contributed by atoms with van der Waals surface area (Å²) in [6.45, 7) is 19.2. The van der Waals surface area contributed by atoms with Gasteiger partial charge in [-0.1, -0.05) is 26.8 Å². The van der Waals surface area contributed by atoms with Gasteiger partial charge in [-0.3, -0.25) is 4.98 Å². The molecule has 0 aliphatic carbocycles. The molecule has 1 aromatic heterocycles. The van der Waals surface area contributed by atoms with Crippen molar-refractivity contribution < 1.29 is 19.0 Å². The van der Waals surface area contributed by atoms with Gasteiger partial charge in [-0.15, -0.1) is 6.58 Å². The lowest BCUT2D eigenvalue weighted by Crippen LogP contribution is -2.48. The predicted molar refractivity (Wildman–Crippen MR) is 128 cm³/mol. The molecule has 7 heteroatoms. The Kier molecular flexibility index (Phi) is 8.35. The molecule has 1 N–H and O–H groups in total. The van der Waals surface area contributed by atoms with Crippen LogP contribution in [0.4, 0.5) is 0 Å². The summed E-state index contributed by atoms with van der Waals surface area (Å²) in [6, 6.07) is 0. The van der Waals surface area contributed by atoms with Crippen LogP contribution < -0.4 is 4.74 Å². The van der Waals surface area contributed by atoms with Crippen molar-refractivity contribution in [3.63, 3.8) is 0 Å². The summed E-state index contributed by atoms with van der Waals surface area (Å²) < 4.78 is 18.8. The van der Waals surface area contributed by atoms with E-state index < -0.39 is 14.4 Å². The Morgan fingerprint density at radius 2 is 1.97 bits per heavy atom. The second-order valence-electron chi connectivity index (χ2n) is 9.88. The van der Waals surface area contributed by atoms with Gasteiger partial charge < -0.3 is 19.0 Å². The third-order valence-corrected chi connectivity index (χ3v) is 12.3. The molecule has 2 unspecified atom stereocenters. The van der Waals surface area contributed by atoms with E-state index in [0.717, 1.165) is 22.9 Å². The zero-order chi connectivity index (χ0) is 22.7. The highest BCUT2D eigenvalue weighted by Gasteiger charge is 2.47. The normalized spacial score (nSPS) is 19.2. The monoisotopic (exact) mass is 499 g/mol. The van der Waals surface area contributed by atoms with E-state index >= 15 is 0 Å². The van der Waals surface area contributed by atoms with Crippen LogP contribution in [0.5, 0.6) is 5.75 Å². The summed E-state index contributed by atoms with van der Waals surface area (Å²) in [4.78, 5) is 4.52. The van der Waals surface area contributed by atoms with Gasteiger partial charge in [0, 0.05) is 47.4 Å². The Hall–Kier alpha value is -0.733. The lowest BCUT2D eigenvalue weighted by Gasteiger charge is -2.47. The van der Waals surface area contributed by atoms with Gasteiger partial charge in [-0.2, -0.15) is 0 Å². The van der Waals surface area contributed by atoms with Crippen LogP contribution >= 0.6 is 15.9 Å². The highest BCUT2D eigenvalue weighted by molar-refractivity contribution is 9.10. The number of nitrogens with zero attached hydrogens (tertiary/aromatic N) is 1. The fraction of sp³-hybridized carbons (Fsp3) is 0.696. The van der Waals surface area contributed by atoms with E-state index in [0.29, 0.717) is 31.3 Å². The number of hydrogen-bond acceptors (Lipinski definition) is 5. The molecular weight excluding hydrogens is 462 g/mol. The fourth-order valence-electron chi connectivity index (χ4n) is 3.83. The smallest absolute Gasteiger partial charge is 0.192 e. The summed E-state index contributed by atoms with van der Waals surface area (Å²) in [5.41, 5.74) is 1.20. The molecule has 2 rings (SSSR count). The average molecular weight is 501 g/mol. The zero-order valence-electron chi connectivity index (χ0n) is 19.5. The topological polar surface area (TPSA) is 60.8 Å². The minimum absolute atomic E-state index is 0.120. The first-order valence-corrected chi connectivity index (χ1v) is 14.3. The molecule has 0 spiro atoms. The van der Waals surface area contributed by atoms with Gasteiger partial charge >= 0.3 is 0 Å². The van der Waals surface area contributed by atoms with Crippen LogP contribution in [0.25, 0.3) is 0 Å². The van der Waals surface area contributed by atoms with Crippen molar-refractivity contribution in [1.29, 1.82) is 0 Å². The molecule has 1 aliphatic rings. The molecule has 170 valence electrons. The predicted octanol–water partition coefficient (Wildman–Crippen LogP) is 5.82. The number of aromatic nitrogens is 1.